The molecule has 21 heavy (non-hydrogen) atoms. The number of halogens is 2. The number of nitrogens with one attached hydrogen (secondary N) is 1. The Bertz CT molecular complexity index is 529. The van der Waals surface area contributed by atoms with Crippen molar-refractivity contribution in [3.63, 3.8) is 0 Å². The molecule has 4 nitrogen and oxygen atoms in total. The largest absolute Gasteiger partial charge is 0.366 e. The Morgan fingerprint density at radius 2 is 2.00 bits per heavy atom. The smallest absolute Gasteiger partial charge is 0.240 e. The SMILES string of the molecule is O=C([C@H]1CSCN1)N1CCN(c2cc(F)ccc2F)CC1. The van der Waals surface area contributed by atoms with E-state index in [9.17, 15) is 13.6 Å². The van der Waals surface area contributed by atoms with Gasteiger partial charge in [0.15, 0.2) is 0 Å². The molecule has 0 aromatic heterocycles. The van der Waals surface area contributed by atoms with Crippen LogP contribution in [0.15, 0.2) is 18.2 Å². The predicted molar refractivity (Wildman–Crippen MR) is 79.4 cm³/mol. The van der Waals surface area contributed by atoms with Crippen LogP contribution in [0.5, 0.6) is 0 Å². The fraction of sp³-hybridized carbons (Fsp3) is 0.500. The lowest BCUT2D eigenvalue weighted by Gasteiger charge is -2.37. The highest BCUT2D eigenvalue weighted by Gasteiger charge is 2.30. The van der Waals surface area contributed by atoms with Gasteiger partial charge < -0.3 is 9.80 Å². The van der Waals surface area contributed by atoms with E-state index in [0.717, 1.165) is 23.8 Å². The standard InChI is InChI=1S/C14H17F2N3OS/c15-10-1-2-11(16)13(7-10)18-3-5-19(6-4-18)14(20)12-8-21-9-17-12/h1-2,7,12,17H,3-6,8-9H2/t12-/m1/s1. The number of anilines is 1. The van der Waals surface area contributed by atoms with E-state index >= 15 is 0 Å². The lowest BCUT2D eigenvalue weighted by Crippen LogP contribution is -2.53. The maximum atomic E-state index is 13.8. The summed E-state index contributed by atoms with van der Waals surface area (Å²) in [4.78, 5) is 15.9. The molecule has 2 heterocycles. The lowest BCUT2D eigenvalue weighted by molar-refractivity contribution is -0.132. The normalized spacial score (nSPS) is 22.7. The van der Waals surface area contributed by atoms with E-state index in [-0.39, 0.29) is 17.6 Å². The minimum Gasteiger partial charge on any atom is -0.366 e. The fourth-order valence-corrected chi connectivity index (χ4v) is 3.60. The molecule has 1 atom stereocenters. The summed E-state index contributed by atoms with van der Waals surface area (Å²) in [5.41, 5.74) is 0.275. The highest BCUT2D eigenvalue weighted by Crippen LogP contribution is 2.22. The number of carbonyl (C=O) groups excluding carboxylic acids is 1. The molecule has 2 aliphatic rings. The topological polar surface area (TPSA) is 35.6 Å². The van der Waals surface area contributed by atoms with E-state index in [1.165, 1.54) is 6.07 Å². The summed E-state index contributed by atoms with van der Waals surface area (Å²) >= 11 is 1.72. The lowest BCUT2D eigenvalue weighted by atomic mass is 10.2. The third-order valence-electron chi connectivity index (χ3n) is 3.85. The number of benzene rings is 1. The summed E-state index contributed by atoms with van der Waals surface area (Å²) in [6.07, 6.45) is 0. The molecule has 7 heteroatoms. The number of hydrogen-bond donors (Lipinski definition) is 1. The molecule has 2 aliphatic heterocycles. The first-order valence-electron chi connectivity index (χ1n) is 6.95. The quantitative estimate of drug-likeness (QED) is 0.892. The Labute approximate surface area is 126 Å². The van der Waals surface area contributed by atoms with Gasteiger partial charge in [0.2, 0.25) is 5.91 Å². The summed E-state index contributed by atoms with van der Waals surface area (Å²) in [7, 11) is 0. The second-order valence-electron chi connectivity index (χ2n) is 5.18. The molecule has 1 aromatic carbocycles. The molecular formula is C14H17F2N3OS. The van der Waals surface area contributed by atoms with Crippen molar-refractivity contribution in [3.05, 3.63) is 29.8 Å². The van der Waals surface area contributed by atoms with Crippen molar-refractivity contribution in [2.24, 2.45) is 0 Å². The average molecular weight is 313 g/mol. The van der Waals surface area contributed by atoms with E-state index in [1.807, 2.05) is 0 Å². The predicted octanol–water partition coefficient (Wildman–Crippen LogP) is 1.28. The molecule has 0 spiro atoms. The number of nitrogens with zero attached hydrogens (tertiary/aromatic N) is 2. The van der Waals surface area contributed by atoms with E-state index in [1.54, 1.807) is 21.6 Å². The van der Waals surface area contributed by atoms with Crippen LogP contribution in [0, 0.1) is 11.6 Å². The number of thioether (sulfide) groups is 1. The van der Waals surface area contributed by atoms with Crippen molar-refractivity contribution in [1.82, 2.24) is 10.2 Å². The Balaban J connectivity index is 1.62. The van der Waals surface area contributed by atoms with Gasteiger partial charge in [-0.25, -0.2) is 8.78 Å². The number of amides is 1. The first-order chi connectivity index (χ1) is 10.1. The van der Waals surface area contributed by atoms with Crippen molar-refractivity contribution in [1.29, 1.82) is 0 Å². The molecule has 114 valence electrons. The molecule has 0 radical (unpaired) electrons. The molecule has 0 aliphatic carbocycles. The Hall–Kier alpha value is -1.34. The molecule has 1 amide bonds. The number of rotatable bonds is 2. The minimum atomic E-state index is -0.447. The molecule has 3 rings (SSSR count). The van der Waals surface area contributed by atoms with Crippen LogP contribution in [0.2, 0.25) is 0 Å². The third-order valence-corrected chi connectivity index (χ3v) is 4.79. The van der Waals surface area contributed by atoms with E-state index in [0.29, 0.717) is 26.2 Å². The van der Waals surface area contributed by atoms with Gasteiger partial charge >= 0.3 is 0 Å². The molecule has 0 unspecified atom stereocenters. The Morgan fingerprint density at radius 1 is 1.24 bits per heavy atom. The molecule has 2 saturated heterocycles. The van der Waals surface area contributed by atoms with E-state index in [2.05, 4.69) is 5.32 Å². The van der Waals surface area contributed by atoms with Gasteiger partial charge in [-0.15, -0.1) is 11.8 Å². The fourth-order valence-electron chi connectivity index (χ4n) is 2.67. The zero-order chi connectivity index (χ0) is 14.8. The summed E-state index contributed by atoms with van der Waals surface area (Å²) < 4.78 is 27.0. The van der Waals surface area contributed by atoms with Crippen LogP contribution in [0.25, 0.3) is 0 Å². The van der Waals surface area contributed by atoms with Gasteiger partial charge in [0.05, 0.1) is 11.7 Å². The summed E-state index contributed by atoms with van der Waals surface area (Å²) in [6, 6.07) is 3.36. The number of carbonyl (C=O) groups is 1. The van der Waals surface area contributed by atoms with Gasteiger partial charge in [0.1, 0.15) is 11.6 Å². The van der Waals surface area contributed by atoms with Crippen LogP contribution in [-0.2, 0) is 4.79 Å². The van der Waals surface area contributed by atoms with Crippen molar-refractivity contribution >= 4 is 23.4 Å². The zero-order valence-electron chi connectivity index (χ0n) is 11.5. The van der Waals surface area contributed by atoms with E-state index < -0.39 is 11.6 Å². The maximum Gasteiger partial charge on any atom is 0.240 e. The van der Waals surface area contributed by atoms with E-state index in [4.69, 9.17) is 0 Å². The summed E-state index contributed by atoms with van der Waals surface area (Å²) in [5, 5.41) is 3.16. The maximum absolute atomic E-state index is 13.8. The molecular weight excluding hydrogens is 296 g/mol. The van der Waals surface area contributed by atoms with Crippen LogP contribution in [0.1, 0.15) is 0 Å². The second kappa shape index (κ2) is 6.19. The van der Waals surface area contributed by atoms with Gasteiger partial charge in [0, 0.05) is 43.9 Å². The number of hydrogen-bond acceptors (Lipinski definition) is 4. The average Bonchev–Trinajstić information content (AvgIpc) is 3.03. The van der Waals surface area contributed by atoms with Crippen molar-refractivity contribution < 1.29 is 13.6 Å². The summed E-state index contributed by atoms with van der Waals surface area (Å²) in [5.74, 6) is 0.851. The second-order valence-corrected chi connectivity index (χ2v) is 6.21. The van der Waals surface area contributed by atoms with Gasteiger partial charge in [0.25, 0.3) is 0 Å². The van der Waals surface area contributed by atoms with Crippen LogP contribution in [0.3, 0.4) is 0 Å². The summed E-state index contributed by atoms with van der Waals surface area (Å²) in [6.45, 7) is 2.12. The molecule has 0 saturated carbocycles. The van der Waals surface area contributed by atoms with Gasteiger partial charge in [-0.3, -0.25) is 10.1 Å². The van der Waals surface area contributed by atoms with Crippen molar-refractivity contribution in [2.75, 3.05) is 42.7 Å². The molecule has 0 bridgehead atoms. The first kappa shape index (κ1) is 14.6. The van der Waals surface area contributed by atoms with Crippen LogP contribution in [-0.4, -0.2) is 54.7 Å². The Morgan fingerprint density at radius 3 is 2.67 bits per heavy atom. The molecule has 1 N–H and O–H groups in total. The monoisotopic (exact) mass is 313 g/mol. The Kier molecular flexibility index (Phi) is 4.30. The van der Waals surface area contributed by atoms with Crippen LogP contribution < -0.4 is 10.2 Å². The van der Waals surface area contributed by atoms with Crippen molar-refractivity contribution in [3.8, 4) is 0 Å². The number of piperazine rings is 1. The third kappa shape index (κ3) is 3.13. The first-order valence-corrected chi connectivity index (χ1v) is 8.10. The van der Waals surface area contributed by atoms with Gasteiger partial charge in [-0.1, -0.05) is 0 Å². The van der Waals surface area contributed by atoms with Gasteiger partial charge in [-0.2, -0.15) is 0 Å². The van der Waals surface area contributed by atoms with Crippen LogP contribution in [0.4, 0.5) is 14.5 Å². The zero-order valence-corrected chi connectivity index (χ0v) is 12.3. The van der Waals surface area contributed by atoms with Crippen molar-refractivity contribution in [2.45, 2.75) is 6.04 Å². The van der Waals surface area contributed by atoms with Crippen LogP contribution >= 0.6 is 11.8 Å². The molecule has 1 aromatic rings. The highest BCUT2D eigenvalue weighted by atomic mass is 32.2. The highest BCUT2D eigenvalue weighted by molar-refractivity contribution is 7.99. The minimum absolute atomic E-state index is 0.104. The molecule has 2 fully saturated rings. The van der Waals surface area contributed by atoms with Gasteiger partial charge in [-0.05, 0) is 12.1 Å².